The van der Waals surface area contributed by atoms with Crippen LogP contribution in [0.4, 0.5) is 11.6 Å². The Bertz CT molecular complexity index is 1360. The van der Waals surface area contributed by atoms with Gasteiger partial charge in [0.2, 0.25) is 17.7 Å². The first kappa shape index (κ1) is 20.9. The molecule has 7 heteroatoms. The Morgan fingerprint density at radius 3 is 2.70 bits per heavy atom. The molecule has 0 aliphatic heterocycles. The van der Waals surface area contributed by atoms with Crippen molar-refractivity contribution in [2.75, 3.05) is 11.1 Å². The second kappa shape index (κ2) is 8.16. The lowest BCUT2D eigenvalue weighted by molar-refractivity contribution is -0.117. The third-order valence-corrected chi connectivity index (χ3v) is 6.09. The lowest BCUT2D eigenvalue weighted by atomic mass is 10.0. The number of pyridine rings is 1. The van der Waals surface area contributed by atoms with Crippen molar-refractivity contribution in [1.82, 2.24) is 15.0 Å². The molecule has 0 atom stereocenters. The first-order chi connectivity index (χ1) is 15.9. The van der Waals surface area contributed by atoms with Crippen molar-refractivity contribution in [3.63, 3.8) is 0 Å². The van der Waals surface area contributed by atoms with Crippen LogP contribution in [0.25, 0.3) is 22.0 Å². The number of carbonyl (C=O) groups excluding carboxylic acids is 1. The molecule has 0 spiro atoms. The molecule has 5 rings (SSSR count). The van der Waals surface area contributed by atoms with E-state index in [1.807, 2.05) is 49.4 Å². The maximum absolute atomic E-state index is 12.6. The van der Waals surface area contributed by atoms with Crippen molar-refractivity contribution in [2.24, 2.45) is 5.41 Å². The van der Waals surface area contributed by atoms with Crippen LogP contribution in [0.3, 0.4) is 0 Å². The third-order valence-electron chi connectivity index (χ3n) is 6.09. The van der Waals surface area contributed by atoms with Gasteiger partial charge in [0.05, 0.1) is 11.3 Å². The number of nitrogens with zero attached hydrogens (tertiary/aromatic N) is 3. The Morgan fingerprint density at radius 2 is 1.91 bits per heavy atom. The summed E-state index contributed by atoms with van der Waals surface area (Å²) in [5.41, 5.74) is 9.00. The smallest absolute Gasteiger partial charge is 0.228 e. The molecule has 7 nitrogen and oxygen atoms in total. The van der Waals surface area contributed by atoms with Crippen molar-refractivity contribution in [2.45, 2.75) is 33.1 Å². The highest BCUT2D eigenvalue weighted by molar-refractivity contribution is 6.04. The fraction of sp³-hybridized carbons (Fsp3) is 0.231. The average molecular weight is 440 g/mol. The van der Waals surface area contributed by atoms with E-state index in [9.17, 15) is 4.79 Å². The molecule has 1 fully saturated rings. The topological polar surface area (TPSA) is 103 Å². The van der Waals surface area contributed by atoms with Crippen molar-refractivity contribution in [3.8, 4) is 22.9 Å². The highest BCUT2D eigenvalue weighted by Crippen LogP contribution is 2.48. The molecule has 3 N–H and O–H groups in total. The van der Waals surface area contributed by atoms with Gasteiger partial charge in [0.1, 0.15) is 5.75 Å². The fourth-order valence-corrected chi connectivity index (χ4v) is 3.94. The van der Waals surface area contributed by atoms with E-state index >= 15 is 0 Å². The summed E-state index contributed by atoms with van der Waals surface area (Å²) in [5.74, 6) is 1.32. The monoisotopic (exact) mass is 439 g/mol. The molecule has 166 valence electrons. The summed E-state index contributed by atoms with van der Waals surface area (Å²) in [6, 6.07) is 15.3. The molecule has 4 aromatic rings. The van der Waals surface area contributed by atoms with Gasteiger partial charge >= 0.3 is 0 Å². The first-order valence-electron chi connectivity index (χ1n) is 11.0. The van der Waals surface area contributed by atoms with E-state index in [0.717, 1.165) is 34.9 Å². The zero-order chi connectivity index (χ0) is 23.0. The van der Waals surface area contributed by atoms with E-state index in [1.165, 1.54) is 0 Å². The normalized spacial score (nSPS) is 14.1. The minimum Gasteiger partial charge on any atom is -0.437 e. The number of nitrogens with two attached hydrogens (primary N) is 1. The number of anilines is 2. The maximum atomic E-state index is 12.6. The number of nitrogens with one attached hydrogen (secondary N) is 1. The molecule has 1 saturated carbocycles. The van der Waals surface area contributed by atoms with Gasteiger partial charge < -0.3 is 15.8 Å². The number of hydrogen-bond donors (Lipinski definition) is 2. The van der Waals surface area contributed by atoms with Gasteiger partial charge in [0.25, 0.3) is 0 Å². The maximum Gasteiger partial charge on any atom is 0.228 e. The van der Waals surface area contributed by atoms with Crippen molar-refractivity contribution in [1.29, 1.82) is 0 Å². The molecule has 1 aliphatic carbocycles. The summed E-state index contributed by atoms with van der Waals surface area (Å²) < 4.78 is 6.37. The quantitative estimate of drug-likeness (QED) is 0.411. The number of rotatable bonds is 6. The summed E-state index contributed by atoms with van der Waals surface area (Å²) in [7, 11) is 0. The summed E-state index contributed by atoms with van der Waals surface area (Å²) >= 11 is 0. The lowest BCUT2D eigenvalue weighted by Gasteiger charge is -2.16. The van der Waals surface area contributed by atoms with Crippen LogP contribution in [0.2, 0.25) is 0 Å². The molecule has 33 heavy (non-hydrogen) atoms. The highest BCUT2D eigenvalue weighted by atomic mass is 16.5. The Kier molecular flexibility index (Phi) is 5.17. The second-order valence-corrected chi connectivity index (χ2v) is 8.91. The number of carbonyl (C=O) groups is 1. The number of nitrogen functional groups attached to an aromatic ring is 1. The minimum atomic E-state index is 0.0407. The van der Waals surface area contributed by atoms with Gasteiger partial charge in [-0.15, -0.1) is 0 Å². The fourth-order valence-electron chi connectivity index (χ4n) is 3.94. The number of hydrogen-bond acceptors (Lipinski definition) is 6. The van der Waals surface area contributed by atoms with Crippen LogP contribution in [0, 0.1) is 12.3 Å². The summed E-state index contributed by atoms with van der Waals surface area (Å²) in [6.07, 6.45) is 6.04. The molecular weight excluding hydrogens is 414 g/mol. The molecule has 1 amide bonds. The zero-order valence-electron chi connectivity index (χ0n) is 18.6. The molecule has 0 bridgehead atoms. The number of benzene rings is 2. The van der Waals surface area contributed by atoms with Crippen LogP contribution < -0.4 is 15.8 Å². The molecule has 0 unspecified atom stereocenters. The van der Waals surface area contributed by atoms with Crippen molar-refractivity contribution in [3.05, 3.63) is 66.5 Å². The van der Waals surface area contributed by atoms with Gasteiger partial charge in [-0.1, -0.05) is 31.2 Å². The molecule has 0 radical (unpaired) electrons. The standard InChI is InChI=1S/C26H25N5O2/c1-16-8-9-17-18(5-3-7-20(17)30-22(32)15-26(2)11-12-26)23(16)33-24-19(6-4-13-28-24)21-10-14-29-25(27)31-21/h3-10,13-14H,11-12,15H2,1-2H3,(H,30,32)(H2,27,29,31). The minimum absolute atomic E-state index is 0.0407. The molecule has 2 aromatic carbocycles. The van der Waals surface area contributed by atoms with E-state index in [4.69, 9.17) is 10.5 Å². The molecule has 2 heterocycles. The summed E-state index contributed by atoms with van der Waals surface area (Å²) in [5, 5.41) is 4.90. The van der Waals surface area contributed by atoms with Gasteiger partial charge in [-0.25, -0.2) is 15.0 Å². The number of aromatic nitrogens is 3. The van der Waals surface area contributed by atoms with Crippen LogP contribution in [-0.2, 0) is 4.79 Å². The first-order valence-corrected chi connectivity index (χ1v) is 11.0. The van der Waals surface area contributed by atoms with Crippen molar-refractivity contribution < 1.29 is 9.53 Å². The van der Waals surface area contributed by atoms with Crippen LogP contribution in [0.5, 0.6) is 11.6 Å². The Balaban J connectivity index is 1.52. The molecule has 0 saturated heterocycles. The van der Waals surface area contributed by atoms with Gasteiger partial charge in [0, 0.05) is 35.3 Å². The van der Waals surface area contributed by atoms with E-state index in [0.29, 0.717) is 29.3 Å². The number of aryl methyl sites for hydroxylation is 1. The van der Waals surface area contributed by atoms with Gasteiger partial charge in [0.15, 0.2) is 0 Å². The Morgan fingerprint density at radius 1 is 1.06 bits per heavy atom. The predicted molar refractivity (Wildman–Crippen MR) is 129 cm³/mol. The van der Waals surface area contributed by atoms with E-state index in [1.54, 1.807) is 18.5 Å². The zero-order valence-corrected chi connectivity index (χ0v) is 18.6. The van der Waals surface area contributed by atoms with E-state index < -0.39 is 0 Å². The predicted octanol–water partition coefficient (Wildman–Crippen LogP) is 5.50. The van der Waals surface area contributed by atoms with Crippen molar-refractivity contribution >= 4 is 28.3 Å². The molecular formula is C26H25N5O2. The van der Waals surface area contributed by atoms with E-state index in [2.05, 4.69) is 27.2 Å². The number of amides is 1. The van der Waals surface area contributed by atoms with Gasteiger partial charge in [-0.3, -0.25) is 4.79 Å². The molecule has 1 aliphatic rings. The van der Waals surface area contributed by atoms with Crippen LogP contribution in [0.15, 0.2) is 60.9 Å². The highest BCUT2D eigenvalue weighted by Gasteiger charge is 2.39. The Hall–Kier alpha value is -4.00. The van der Waals surface area contributed by atoms with Crippen LogP contribution in [0.1, 0.15) is 31.7 Å². The Labute approximate surface area is 192 Å². The number of ether oxygens (including phenoxy) is 1. The summed E-state index contributed by atoms with van der Waals surface area (Å²) in [4.78, 5) is 25.3. The second-order valence-electron chi connectivity index (χ2n) is 8.91. The van der Waals surface area contributed by atoms with Gasteiger partial charge in [-0.2, -0.15) is 0 Å². The van der Waals surface area contributed by atoms with Crippen LogP contribution in [-0.4, -0.2) is 20.9 Å². The molecule has 2 aromatic heterocycles. The average Bonchev–Trinajstić information content (AvgIpc) is 3.52. The van der Waals surface area contributed by atoms with Crippen LogP contribution >= 0.6 is 0 Å². The third kappa shape index (κ3) is 4.35. The SMILES string of the molecule is Cc1ccc2c(NC(=O)CC3(C)CC3)cccc2c1Oc1ncccc1-c1ccnc(N)n1. The van der Waals surface area contributed by atoms with Gasteiger partial charge in [-0.05, 0) is 55.0 Å². The summed E-state index contributed by atoms with van der Waals surface area (Å²) in [6.45, 7) is 4.14. The lowest BCUT2D eigenvalue weighted by Crippen LogP contribution is -2.15. The number of fused-ring (bicyclic) bond motifs is 1. The largest absolute Gasteiger partial charge is 0.437 e. The van der Waals surface area contributed by atoms with E-state index in [-0.39, 0.29) is 17.3 Å².